The van der Waals surface area contributed by atoms with Crippen LogP contribution in [0.15, 0.2) is 42.9 Å². The third-order valence-electron chi connectivity index (χ3n) is 6.96. The number of likely N-dealkylation sites (tertiary alicyclic amines) is 2. The molecule has 2 aliphatic heterocycles. The Morgan fingerprint density at radius 2 is 2.06 bits per heavy atom. The summed E-state index contributed by atoms with van der Waals surface area (Å²) < 4.78 is 6.05. The molecule has 1 amide bonds. The van der Waals surface area contributed by atoms with Crippen molar-refractivity contribution in [2.24, 2.45) is 11.8 Å². The first kappa shape index (κ1) is 23.6. The average Bonchev–Trinajstić information content (AvgIpc) is 3.24. The lowest BCUT2D eigenvalue weighted by molar-refractivity contribution is -0.127. The zero-order valence-corrected chi connectivity index (χ0v) is 19.9. The van der Waals surface area contributed by atoms with E-state index in [0.29, 0.717) is 18.6 Å². The molecular weight excluding hydrogens is 414 g/mol. The topological polar surface area (TPSA) is 70.6 Å². The summed E-state index contributed by atoms with van der Waals surface area (Å²) in [6, 6.07) is 8.62. The van der Waals surface area contributed by atoms with Gasteiger partial charge in [-0.15, -0.1) is 0 Å². The van der Waals surface area contributed by atoms with Crippen LogP contribution >= 0.6 is 0 Å². The van der Waals surface area contributed by atoms with Crippen LogP contribution in [0.1, 0.15) is 36.9 Å². The normalized spacial score (nSPS) is 24.0. The Labute approximate surface area is 197 Å². The van der Waals surface area contributed by atoms with Crippen molar-refractivity contribution in [1.82, 2.24) is 25.1 Å². The zero-order valence-electron chi connectivity index (χ0n) is 19.9. The van der Waals surface area contributed by atoms with Gasteiger partial charge in [0.05, 0.1) is 18.7 Å². The fraction of sp³-hybridized carbons (Fsp3) is 0.577. The van der Waals surface area contributed by atoms with Gasteiger partial charge >= 0.3 is 0 Å². The maximum absolute atomic E-state index is 13.1. The van der Waals surface area contributed by atoms with Crippen molar-refractivity contribution in [3.63, 3.8) is 0 Å². The zero-order chi connectivity index (χ0) is 23.0. The molecule has 7 heteroatoms. The summed E-state index contributed by atoms with van der Waals surface area (Å²) in [5, 5.41) is 3.23. The molecule has 2 saturated heterocycles. The standard InChI is InChI=1S/C26H37N5O2/c1-20-5-6-25(15-29-20)33-19-22-14-23(18-31(17-22)16-21-7-10-27-11-8-21)26(32)28-12-9-24-4-3-13-30(24)2/h5-8,10-11,15,22-24H,3-4,9,12-14,16-19H2,1-2H3,(H,28,32)/t22-,23+,24+/m0/s1. The van der Waals surface area contributed by atoms with Crippen LogP contribution < -0.4 is 10.1 Å². The number of amides is 1. The van der Waals surface area contributed by atoms with E-state index in [-0.39, 0.29) is 11.8 Å². The van der Waals surface area contributed by atoms with Crippen molar-refractivity contribution >= 4 is 5.91 Å². The second-order valence-electron chi connectivity index (χ2n) is 9.65. The van der Waals surface area contributed by atoms with Crippen LogP contribution in [-0.2, 0) is 11.3 Å². The molecule has 3 atom stereocenters. The van der Waals surface area contributed by atoms with E-state index in [9.17, 15) is 4.79 Å². The van der Waals surface area contributed by atoms with E-state index in [4.69, 9.17) is 4.74 Å². The molecule has 4 heterocycles. The van der Waals surface area contributed by atoms with Gasteiger partial charge in [-0.05, 0) is 76.0 Å². The third-order valence-corrected chi connectivity index (χ3v) is 6.96. The minimum absolute atomic E-state index is 0.0216. The Kier molecular flexibility index (Phi) is 8.29. The van der Waals surface area contributed by atoms with Crippen molar-refractivity contribution in [3.05, 3.63) is 54.1 Å². The number of hydrogen-bond acceptors (Lipinski definition) is 6. The lowest BCUT2D eigenvalue weighted by atomic mass is 9.88. The first-order chi connectivity index (χ1) is 16.1. The Morgan fingerprint density at radius 1 is 1.21 bits per heavy atom. The highest BCUT2D eigenvalue weighted by atomic mass is 16.5. The molecule has 0 aliphatic carbocycles. The smallest absolute Gasteiger partial charge is 0.224 e. The molecule has 1 N–H and O–H groups in total. The first-order valence-electron chi connectivity index (χ1n) is 12.2. The van der Waals surface area contributed by atoms with E-state index in [1.54, 1.807) is 6.20 Å². The number of ether oxygens (including phenoxy) is 1. The van der Waals surface area contributed by atoms with Crippen molar-refractivity contribution in [2.45, 2.75) is 45.2 Å². The summed E-state index contributed by atoms with van der Waals surface area (Å²) in [4.78, 5) is 26.3. The summed E-state index contributed by atoms with van der Waals surface area (Å²) in [5.74, 6) is 1.23. The number of aromatic nitrogens is 2. The summed E-state index contributed by atoms with van der Waals surface area (Å²) in [5.41, 5.74) is 2.20. The molecule has 2 aliphatic rings. The van der Waals surface area contributed by atoms with E-state index in [1.165, 1.54) is 24.9 Å². The third kappa shape index (κ3) is 6.98. The average molecular weight is 452 g/mol. The molecule has 2 aromatic rings. The van der Waals surface area contributed by atoms with Crippen LogP contribution in [0.3, 0.4) is 0 Å². The van der Waals surface area contributed by atoms with Crippen LogP contribution in [0.25, 0.3) is 0 Å². The highest BCUT2D eigenvalue weighted by Crippen LogP contribution is 2.25. The Hall–Kier alpha value is -2.51. The summed E-state index contributed by atoms with van der Waals surface area (Å²) in [7, 11) is 2.19. The van der Waals surface area contributed by atoms with Gasteiger partial charge in [0.1, 0.15) is 5.75 Å². The molecule has 0 spiro atoms. The van der Waals surface area contributed by atoms with Crippen LogP contribution in [0.2, 0.25) is 0 Å². The van der Waals surface area contributed by atoms with E-state index < -0.39 is 0 Å². The van der Waals surface area contributed by atoms with E-state index in [2.05, 4.69) is 32.1 Å². The summed E-state index contributed by atoms with van der Waals surface area (Å²) in [6.07, 6.45) is 9.81. The van der Waals surface area contributed by atoms with Crippen molar-refractivity contribution in [2.75, 3.05) is 39.8 Å². The first-order valence-corrected chi connectivity index (χ1v) is 12.2. The largest absolute Gasteiger partial charge is 0.492 e. The van der Waals surface area contributed by atoms with Crippen LogP contribution in [-0.4, -0.2) is 71.6 Å². The fourth-order valence-corrected chi connectivity index (χ4v) is 5.09. The van der Waals surface area contributed by atoms with Gasteiger partial charge in [-0.25, -0.2) is 0 Å². The fourth-order valence-electron chi connectivity index (χ4n) is 5.09. The summed E-state index contributed by atoms with van der Waals surface area (Å²) in [6.45, 7) is 7.00. The number of carbonyl (C=O) groups excluding carboxylic acids is 1. The molecule has 0 unspecified atom stereocenters. The van der Waals surface area contributed by atoms with Gasteiger partial charge < -0.3 is 15.0 Å². The lowest BCUT2D eigenvalue weighted by Gasteiger charge is -2.37. The molecule has 7 nitrogen and oxygen atoms in total. The molecule has 0 radical (unpaired) electrons. The van der Waals surface area contributed by atoms with Crippen LogP contribution in [0.5, 0.6) is 5.75 Å². The minimum atomic E-state index is -0.0216. The van der Waals surface area contributed by atoms with Crippen molar-refractivity contribution < 1.29 is 9.53 Å². The molecule has 4 rings (SSSR count). The summed E-state index contributed by atoms with van der Waals surface area (Å²) >= 11 is 0. The van der Waals surface area contributed by atoms with Gasteiger partial charge in [0.25, 0.3) is 0 Å². The van der Waals surface area contributed by atoms with Crippen molar-refractivity contribution in [3.8, 4) is 5.75 Å². The molecule has 0 bridgehead atoms. The van der Waals surface area contributed by atoms with Crippen LogP contribution in [0.4, 0.5) is 0 Å². The van der Waals surface area contributed by atoms with Gasteiger partial charge in [0.15, 0.2) is 0 Å². The Morgan fingerprint density at radius 3 is 2.79 bits per heavy atom. The maximum Gasteiger partial charge on any atom is 0.224 e. The highest BCUT2D eigenvalue weighted by molar-refractivity contribution is 5.79. The highest BCUT2D eigenvalue weighted by Gasteiger charge is 2.32. The molecule has 178 valence electrons. The van der Waals surface area contributed by atoms with Gasteiger partial charge in [-0.3, -0.25) is 19.7 Å². The maximum atomic E-state index is 13.1. The Bertz CT molecular complexity index is 876. The van der Waals surface area contributed by atoms with Gasteiger partial charge in [0.2, 0.25) is 5.91 Å². The van der Waals surface area contributed by atoms with Gasteiger partial charge in [-0.2, -0.15) is 0 Å². The van der Waals surface area contributed by atoms with Crippen molar-refractivity contribution in [1.29, 1.82) is 0 Å². The second kappa shape index (κ2) is 11.6. The van der Waals surface area contributed by atoms with Gasteiger partial charge in [-0.1, -0.05) is 0 Å². The quantitative estimate of drug-likeness (QED) is 0.632. The van der Waals surface area contributed by atoms with E-state index >= 15 is 0 Å². The number of piperidine rings is 1. The predicted octanol–water partition coefficient (Wildman–Crippen LogP) is 2.90. The minimum Gasteiger partial charge on any atom is -0.492 e. The molecular formula is C26H37N5O2. The Balaban J connectivity index is 1.34. The number of nitrogens with one attached hydrogen (secondary N) is 1. The van der Waals surface area contributed by atoms with Crippen LogP contribution in [0, 0.1) is 18.8 Å². The second-order valence-corrected chi connectivity index (χ2v) is 9.65. The predicted molar refractivity (Wildman–Crippen MR) is 129 cm³/mol. The SMILES string of the molecule is Cc1ccc(OC[C@H]2C[C@@H](C(=O)NCC[C@H]3CCCN3C)CN(Cc3ccncc3)C2)cn1. The number of carbonyl (C=O) groups is 1. The molecule has 33 heavy (non-hydrogen) atoms. The number of nitrogens with zero attached hydrogens (tertiary/aromatic N) is 4. The van der Waals surface area contributed by atoms with Gasteiger partial charge in [0, 0.05) is 56.2 Å². The van der Waals surface area contributed by atoms with E-state index in [1.807, 2.05) is 43.6 Å². The number of hydrogen-bond donors (Lipinski definition) is 1. The molecule has 2 aromatic heterocycles. The molecule has 0 saturated carbocycles. The molecule has 0 aromatic carbocycles. The molecule has 2 fully saturated rings. The number of rotatable bonds is 9. The monoisotopic (exact) mass is 451 g/mol. The van der Waals surface area contributed by atoms with E-state index in [0.717, 1.165) is 50.5 Å². The lowest BCUT2D eigenvalue weighted by Crippen LogP contribution is -2.47. The number of pyridine rings is 2. The number of aryl methyl sites for hydroxylation is 1.